The molecule has 2 heterocycles. The summed E-state index contributed by atoms with van der Waals surface area (Å²) < 4.78 is 48.2. The van der Waals surface area contributed by atoms with E-state index in [1.54, 1.807) is 48.5 Å². The second kappa shape index (κ2) is 9.86. The maximum Gasteiger partial charge on any atom is 0.334 e. The highest BCUT2D eigenvalue weighted by Gasteiger charge is 2.37. The van der Waals surface area contributed by atoms with E-state index in [4.69, 9.17) is 22.1 Å². The van der Waals surface area contributed by atoms with Crippen molar-refractivity contribution in [3.63, 3.8) is 0 Å². The van der Waals surface area contributed by atoms with Crippen LogP contribution in [0.1, 0.15) is 23.2 Å². The topological polar surface area (TPSA) is 113 Å². The van der Waals surface area contributed by atoms with Gasteiger partial charge < -0.3 is 10.5 Å². The number of sulfone groups is 1. The fourth-order valence-electron chi connectivity index (χ4n) is 4.73. The molecule has 3 aromatic carbocycles. The molecule has 0 radical (unpaired) electrons. The summed E-state index contributed by atoms with van der Waals surface area (Å²) in [6, 6.07) is 17.3. The van der Waals surface area contributed by atoms with Gasteiger partial charge in [-0.25, -0.2) is 17.6 Å². The van der Waals surface area contributed by atoms with Crippen LogP contribution in [0.3, 0.4) is 0 Å². The van der Waals surface area contributed by atoms with Crippen molar-refractivity contribution in [3.8, 4) is 17.0 Å². The summed E-state index contributed by atoms with van der Waals surface area (Å²) in [5.74, 6) is -0.940. The maximum atomic E-state index is 15.2. The largest absolute Gasteiger partial charge is 0.476 e. The fraction of sp³-hybridized carbons (Fsp3) is 0.185. The first kappa shape index (κ1) is 25.9. The van der Waals surface area contributed by atoms with Gasteiger partial charge in [-0.3, -0.25) is 13.9 Å². The van der Waals surface area contributed by atoms with Gasteiger partial charge in [-0.1, -0.05) is 66.2 Å². The van der Waals surface area contributed by atoms with E-state index in [-0.39, 0.29) is 40.1 Å². The number of ether oxygens (including phenoxy) is 1. The van der Waals surface area contributed by atoms with Gasteiger partial charge in [0, 0.05) is 28.4 Å². The Hall–Kier alpha value is -3.73. The molecule has 2 unspecified atom stereocenters. The van der Waals surface area contributed by atoms with E-state index in [1.165, 1.54) is 12.1 Å². The van der Waals surface area contributed by atoms with Crippen molar-refractivity contribution in [1.82, 2.24) is 9.13 Å². The molecule has 1 aliphatic rings. The molecule has 0 saturated carbocycles. The van der Waals surface area contributed by atoms with Crippen molar-refractivity contribution in [1.29, 1.82) is 0 Å². The van der Waals surface area contributed by atoms with E-state index in [9.17, 15) is 18.0 Å². The molecule has 4 aromatic rings. The Balaban J connectivity index is 1.80. The maximum absolute atomic E-state index is 15.2. The van der Waals surface area contributed by atoms with Crippen LogP contribution < -0.4 is 21.7 Å². The first-order chi connectivity index (χ1) is 18.1. The number of halogens is 2. The quantitative estimate of drug-likeness (QED) is 0.389. The number of rotatable bonds is 6. The average molecular weight is 556 g/mol. The lowest BCUT2D eigenvalue weighted by molar-refractivity contribution is 0.339. The minimum Gasteiger partial charge on any atom is -0.476 e. The lowest BCUT2D eigenvalue weighted by Gasteiger charge is -2.20. The molecule has 0 saturated heterocycles. The van der Waals surface area contributed by atoms with E-state index >= 15 is 4.39 Å². The zero-order valence-corrected chi connectivity index (χ0v) is 21.7. The van der Waals surface area contributed by atoms with E-state index in [2.05, 4.69) is 0 Å². The van der Waals surface area contributed by atoms with Gasteiger partial charge in [0.1, 0.15) is 24.0 Å². The molecule has 8 nitrogen and oxygen atoms in total. The van der Waals surface area contributed by atoms with E-state index in [1.807, 2.05) is 6.07 Å². The van der Waals surface area contributed by atoms with Gasteiger partial charge >= 0.3 is 5.69 Å². The molecule has 1 aliphatic heterocycles. The van der Waals surface area contributed by atoms with E-state index in [0.29, 0.717) is 11.1 Å². The first-order valence-electron chi connectivity index (χ1n) is 11.7. The third-order valence-electron chi connectivity index (χ3n) is 6.51. The molecule has 2 atom stereocenters. The van der Waals surface area contributed by atoms with Crippen LogP contribution in [-0.2, 0) is 16.4 Å². The highest BCUT2D eigenvalue weighted by atomic mass is 35.5. The molecule has 196 valence electrons. The van der Waals surface area contributed by atoms with Gasteiger partial charge in [-0.2, -0.15) is 0 Å². The lowest BCUT2D eigenvalue weighted by Crippen LogP contribution is -2.43. The van der Waals surface area contributed by atoms with Gasteiger partial charge in [0.2, 0.25) is 5.88 Å². The average Bonchev–Trinajstić information content (AvgIpc) is 3.32. The predicted molar refractivity (Wildman–Crippen MR) is 142 cm³/mol. The van der Waals surface area contributed by atoms with Gasteiger partial charge in [-0.05, 0) is 23.8 Å². The Morgan fingerprint density at radius 3 is 2.42 bits per heavy atom. The lowest BCUT2D eigenvalue weighted by atomic mass is 10.1. The molecule has 0 bridgehead atoms. The summed E-state index contributed by atoms with van der Waals surface area (Å²) in [4.78, 5) is 27.4. The van der Waals surface area contributed by atoms with Gasteiger partial charge in [0.25, 0.3) is 5.56 Å². The minimum atomic E-state index is -3.87. The van der Waals surface area contributed by atoms with Crippen LogP contribution in [0.15, 0.2) is 87.3 Å². The molecule has 5 rings (SSSR count). The second-order valence-corrected chi connectivity index (χ2v) is 11.4. The van der Waals surface area contributed by atoms with Crippen LogP contribution in [0.25, 0.3) is 11.1 Å². The molecular weight excluding hydrogens is 533 g/mol. The third kappa shape index (κ3) is 4.44. The van der Waals surface area contributed by atoms with Crippen molar-refractivity contribution >= 4 is 21.4 Å². The highest BCUT2D eigenvalue weighted by molar-refractivity contribution is 7.90. The first-order valence-corrected chi connectivity index (χ1v) is 13.9. The second-order valence-electron chi connectivity index (χ2n) is 9.00. The van der Waals surface area contributed by atoms with Gasteiger partial charge in [0.05, 0.1) is 11.4 Å². The molecule has 0 fully saturated rings. The van der Waals surface area contributed by atoms with Crippen molar-refractivity contribution in [2.24, 2.45) is 5.73 Å². The molecule has 0 spiro atoms. The van der Waals surface area contributed by atoms with Gasteiger partial charge in [0.15, 0.2) is 9.84 Å². The number of aromatic nitrogens is 2. The molecule has 0 aliphatic carbocycles. The number of hydrogen-bond acceptors (Lipinski definition) is 6. The number of nitrogens with zero attached hydrogens (tertiary/aromatic N) is 2. The number of fused-ring (bicyclic) bond motifs is 1. The Kier molecular flexibility index (Phi) is 6.72. The van der Waals surface area contributed by atoms with E-state index in [0.717, 1.165) is 21.5 Å². The zero-order valence-electron chi connectivity index (χ0n) is 20.2. The van der Waals surface area contributed by atoms with Crippen molar-refractivity contribution in [2.75, 3.05) is 12.9 Å². The van der Waals surface area contributed by atoms with E-state index < -0.39 is 39.0 Å². The highest BCUT2D eigenvalue weighted by Crippen LogP contribution is 2.40. The van der Waals surface area contributed by atoms with Crippen LogP contribution in [0.2, 0.25) is 5.02 Å². The SMILES string of the molecule is CS(=O)(=O)c1cccc(F)c1C1COc2c(-c3ccccc3Cl)c(=O)n(CC(N)c3ccccc3)c(=O)n21. The third-order valence-corrected chi connectivity index (χ3v) is 8.00. The molecular formula is C27H23ClFN3O5S. The van der Waals surface area contributed by atoms with Crippen molar-refractivity contribution in [2.45, 2.75) is 23.5 Å². The van der Waals surface area contributed by atoms with Crippen LogP contribution in [0.4, 0.5) is 4.39 Å². The smallest absolute Gasteiger partial charge is 0.334 e. The predicted octanol–water partition coefficient (Wildman–Crippen LogP) is 3.55. The van der Waals surface area contributed by atoms with Crippen LogP contribution in [0, 0.1) is 5.82 Å². The van der Waals surface area contributed by atoms with Gasteiger partial charge in [-0.15, -0.1) is 0 Å². The fourth-order valence-corrected chi connectivity index (χ4v) is 5.92. The minimum absolute atomic E-state index is 0.00444. The molecule has 2 N–H and O–H groups in total. The normalized spacial score (nSPS) is 15.6. The number of nitrogens with two attached hydrogens (primary N) is 1. The number of benzene rings is 3. The molecule has 1 aromatic heterocycles. The summed E-state index contributed by atoms with van der Waals surface area (Å²) in [5, 5.41) is 0.236. The monoisotopic (exact) mass is 555 g/mol. The summed E-state index contributed by atoms with van der Waals surface area (Å²) in [6.45, 7) is -0.466. The Morgan fingerprint density at radius 2 is 1.74 bits per heavy atom. The van der Waals surface area contributed by atoms with Crippen LogP contribution in [0.5, 0.6) is 5.88 Å². The summed E-state index contributed by atoms with van der Waals surface area (Å²) >= 11 is 6.43. The number of hydrogen-bond donors (Lipinski definition) is 1. The summed E-state index contributed by atoms with van der Waals surface area (Å²) in [5.41, 5.74) is 5.66. The van der Waals surface area contributed by atoms with Crippen molar-refractivity contribution < 1.29 is 17.5 Å². The Morgan fingerprint density at radius 1 is 1.05 bits per heavy atom. The van der Waals surface area contributed by atoms with Crippen LogP contribution in [-0.4, -0.2) is 30.4 Å². The zero-order chi connectivity index (χ0) is 27.2. The van der Waals surface area contributed by atoms with Crippen molar-refractivity contribution in [3.05, 3.63) is 116 Å². The molecule has 0 amide bonds. The molecule has 11 heteroatoms. The molecule has 38 heavy (non-hydrogen) atoms. The van der Waals surface area contributed by atoms with Crippen LogP contribution >= 0.6 is 11.6 Å². The standard InChI is InChI=1S/C27H23ClFN3O5S/c1-38(35,36)22-13-7-12-19(29)24(22)21-15-37-26-23(17-10-5-6-11-18(17)28)25(33)31(27(34)32(21)26)14-20(30)16-8-3-2-4-9-16/h2-13,20-21H,14-15,30H2,1H3. The summed E-state index contributed by atoms with van der Waals surface area (Å²) in [7, 11) is -3.87. The Bertz CT molecular complexity index is 1770. The Labute approximate surface area is 222 Å². The summed E-state index contributed by atoms with van der Waals surface area (Å²) in [6.07, 6.45) is 0.958.